The first-order valence-corrected chi connectivity index (χ1v) is 8.90. The van der Waals surface area contributed by atoms with E-state index in [4.69, 9.17) is 9.47 Å². The zero-order chi connectivity index (χ0) is 21.1. The molecule has 0 fully saturated rings. The lowest BCUT2D eigenvalue weighted by molar-refractivity contribution is 0.406. The highest BCUT2D eigenvalue weighted by Gasteiger charge is 2.13. The van der Waals surface area contributed by atoms with Gasteiger partial charge < -0.3 is 9.47 Å². The van der Waals surface area contributed by atoms with Crippen LogP contribution in [0.2, 0.25) is 0 Å². The predicted octanol–water partition coefficient (Wildman–Crippen LogP) is 3.56. The van der Waals surface area contributed by atoms with Crippen molar-refractivity contribution in [2.45, 2.75) is 6.54 Å². The molecule has 0 aliphatic rings. The quantitative estimate of drug-likeness (QED) is 0.486. The van der Waals surface area contributed by atoms with Gasteiger partial charge in [0.1, 0.15) is 35.2 Å². The predicted molar refractivity (Wildman–Crippen MR) is 104 cm³/mol. The highest BCUT2D eigenvalue weighted by molar-refractivity contribution is 5.39. The molecule has 0 aliphatic heterocycles. The molecule has 9 heteroatoms. The maximum absolute atomic E-state index is 13.9. The highest BCUT2D eigenvalue weighted by Crippen LogP contribution is 2.24. The van der Waals surface area contributed by atoms with Crippen LogP contribution in [0.1, 0.15) is 5.56 Å². The first-order valence-electron chi connectivity index (χ1n) is 8.90. The van der Waals surface area contributed by atoms with E-state index in [-0.39, 0.29) is 12.1 Å². The van der Waals surface area contributed by atoms with Gasteiger partial charge in [-0.05, 0) is 36.4 Å². The monoisotopic (exact) mass is 410 g/mol. The maximum Gasteiger partial charge on any atom is 0.350 e. The van der Waals surface area contributed by atoms with E-state index in [1.54, 1.807) is 42.7 Å². The Labute approximate surface area is 169 Å². The Bertz CT molecular complexity index is 1220. The molecule has 0 saturated carbocycles. The molecular formula is C21H16F2N4O3. The summed E-state index contributed by atoms with van der Waals surface area (Å²) >= 11 is 0. The van der Waals surface area contributed by atoms with Crippen molar-refractivity contribution in [1.29, 1.82) is 0 Å². The van der Waals surface area contributed by atoms with Crippen LogP contribution >= 0.6 is 0 Å². The van der Waals surface area contributed by atoms with Gasteiger partial charge in [-0.2, -0.15) is 9.78 Å². The number of hydrogen-bond donors (Lipinski definition) is 0. The van der Waals surface area contributed by atoms with Crippen molar-refractivity contribution in [2.75, 3.05) is 7.11 Å². The first kappa shape index (κ1) is 19.3. The number of halogens is 2. The molecule has 0 N–H and O–H groups in total. The lowest BCUT2D eigenvalue weighted by atomic mass is 10.2. The number of ether oxygens (including phenoxy) is 2. The Balaban J connectivity index is 1.54. The van der Waals surface area contributed by atoms with Gasteiger partial charge in [0.05, 0.1) is 31.7 Å². The van der Waals surface area contributed by atoms with Crippen LogP contribution < -0.4 is 15.2 Å². The van der Waals surface area contributed by atoms with Gasteiger partial charge in [0.25, 0.3) is 0 Å². The zero-order valence-electron chi connectivity index (χ0n) is 15.8. The third kappa shape index (κ3) is 3.90. The molecule has 7 nitrogen and oxygen atoms in total. The largest absolute Gasteiger partial charge is 0.495 e. The summed E-state index contributed by atoms with van der Waals surface area (Å²) in [6.07, 6.45) is 4.34. The Kier molecular flexibility index (Phi) is 5.25. The fourth-order valence-corrected chi connectivity index (χ4v) is 2.83. The standard InChI is InChI=1S/C21H16F2N4O3/c1-29-16-9-17(11-24-10-16)30-15-7-5-14(6-8-15)27-21(28)26(13-25-27)12-18-19(22)3-2-4-20(18)23/h2-11,13H,12H2,1H3. The summed E-state index contributed by atoms with van der Waals surface area (Å²) in [6.45, 7) is -0.263. The van der Waals surface area contributed by atoms with E-state index < -0.39 is 17.3 Å². The Hall–Kier alpha value is -4.01. The zero-order valence-corrected chi connectivity index (χ0v) is 15.8. The molecule has 0 aliphatic carbocycles. The summed E-state index contributed by atoms with van der Waals surface area (Å²) in [6, 6.07) is 11.9. The number of pyridine rings is 1. The third-order valence-electron chi connectivity index (χ3n) is 4.36. The fourth-order valence-electron chi connectivity index (χ4n) is 2.83. The fraction of sp³-hybridized carbons (Fsp3) is 0.0952. The van der Waals surface area contributed by atoms with E-state index in [1.165, 1.54) is 19.5 Å². The van der Waals surface area contributed by atoms with Crippen LogP contribution in [0, 0.1) is 11.6 Å². The van der Waals surface area contributed by atoms with E-state index in [2.05, 4.69) is 10.1 Å². The smallest absolute Gasteiger partial charge is 0.350 e. The van der Waals surface area contributed by atoms with Crippen LogP contribution in [0.25, 0.3) is 5.69 Å². The second-order valence-electron chi connectivity index (χ2n) is 6.31. The molecule has 0 atom stereocenters. The highest BCUT2D eigenvalue weighted by atomic mass is 19.1. The molecule has 2 aromatic carbocycles. The minimum absolute atomic E-state index is 0.199. The third-order valence-corrected chi connectivity index (χ3v) is 4.36. The molecule has 2 heterocycles. The summed E-state index contributed by atoms with van der Waals surface area (Å²) in [7, 11) is 1.53. The SMILES string of the molecule is COc1cncc(Oc2ccc(-n3ncn(Cc4c(F)cccc4F)c3=O)cc2)c1. The van der Waals surface area contributed by atoms with Crippen molar-refractivity contribution >= 4 is 0 Å². The Morgan fingerprint density at radius 3 is 2.37 bits per heavy atom. The van der Waals surface area contributed by atoms with Crippen molar-refractivity contribution < 1.29 is 18.3 Å². The van der Waals surface area contributed by atoms with E-state index in [0.717, 1.165) is 21.4 Å². The molecule has 0 saturated heterocycles. The van der Waals surface area contributed by atoms with Crippen LogP contribution in [-0.2, 0) is 6.54 Å². The summed E-state index contributed by atoms with van der Waals surface area (Å²) in [4.78, 5) is 16.6. The van der Waals surface area contributed by atoms with E-state index in [9.17, 15) is 13.6 Å². The van der Waals surface area contributed by atoms with Gasteiger partial charge in [-0.15, -0.1) is 0 Å². The summed E-state index contributed by atoms with van der Waals surface area (Å²) in [5.74, 6) is 0.143. The second-order valence-corrected chi connectivity index (χ2v) is 6.31. The Morgan fingerprint density at radius 2 is 1.67 bits per heavy atom. The van der Waals surface area contributed by atoms with E-state index >= 15 is 0 Å². The van der Waals surface area contributed by atoms with E-state index in [0.29, 0.717) is 22.9 Å². The van der Waals surface area contributed by atoms with Crippen LogP contribution in [0.15, 0.2) is 72.0 Å². The normalized spacial score (nSPS) is 10.8. The van der Waals surface area contributed by atoms with Crippen molar-refractivity contribution in [3.05, 3.63) is 94.9 Å². The van der Waals surface area contributed by atoms with Gasteiger partial charge in [-0.3, -0.25) is 9.55 Å². The van der Waals surface area contributed by atoms with Crippen molar-refractivity contribution in [3.8, 4) is 22.9 Å². The molecule has 30 heavy (non-hydrogen) atoms. The van der Waals surface area contributed by atoms with Crippen LogP contribution in [0.4, 0.5) is 8.78 Å². The minimum atomic E-state index is -0.719. The summed E-state index contributed by atoms with van der Waals surface area (Å²) in [5.41, 5.74) is -0.248. The molecular weight excluding hydrogens is 394 g/mol. The molecule has 0 amide bonds. The van der Waals surface area contributed by atoms with Gasteiger partial charge in [-0.25, -0.2) is 13.6 Å². The van der Waals surface area contributed by atoms with Crippen molar-refractivity contribution in [2.24, 2.45) is 0 Å². The molecule has 0 spiro atoms. The lowest BCUT2D eigenvalue weighted by Crippen LogP contribution is -2.24. The summed E-state index contributed by atoms with van der Waals surface area (Å²) < 4.78 is 40.8. The average molecular weight is 410 g/mol. The number of aromatic nitrogens is 4. The first-order chi connectivity index (χ1) is 14.5. The summed E-state index contributed by atoms with van der Waals surface area (Å²) in [5, 5.41) is 4.03. The molecule has 0 bridgehead atoms. The number of hydrogen-bond acceptors (Lipinski definition) is 5. The average Bonchev–Trinajstić information content (AvgIpc) is 3.12. The number of benzene rings is 2. The van der Waals surface area contributed by atoms with E-state index in [1.807, 2.05) is 0 Å². The van der Waals surface area contributed by atoms with Crippen LogP contribution in [0.5, 0.6) is 17.2 Å². The lowest BCUT2D eigenvalue weighted by Gasteiger charge is -2.07. The maximum atomic E-state index is 13.9. The molecule has 2 aromatic heterocycles. The molecule has 152 valence electrons. The minimum Gasteiger partial charge on any atom is -0.495 e. The topological polar surface area (TPSA) is 71.2 Å². The van der Waals surface area contributed by atoms with Crippen LogP contribution in [-0.4, -0.2) is 26.4 Å². The molecule has 4 aromatic rings. The van der Waals surface area contributed by atoms with Gasteiger partial charge >= 0.3 is 5.69 Å². The Morgan fingerprint density at radius 1 is 0.967 bits per heavy atom. The second kappa shape index (κ2) is 8.16. The number of rotatable bonds is 6. The van der Waals surface area contributed by atoms with Gasteiger partial charge in [0, 0.05) is 11.6 Å². The number of nitrogens with zero attached hydrogens (tertiary/aromatic N) is 4. The molecule has 0 radical (unpaired) electrons. The van der Waals surface area contributed by atoms with Gasteiger partial charge in [-0.1, -0.05) is 6.07 Å². The number of methoxy groups -OCH3 is 1. The van der Waals surface area contributed by atoms with Gasteiger partial charge in [0.15, 0.2) is 0 Å². The van der Waals surface area contributed by atoms with Crippen LogP contribution in [0.3, 0.4) is 0 Å². The van der Waals surface area contributed by atoms with Gasteiger partial charge in [0.2, 0.25) is 0 Å². The molecule has 0 unspecified atom stereocenters. The van der Waals surface area contributed by atoms with Crippen molar-refractivity contribution in [1.82, 2.24) is 19.3 Å². The van der Waals surface area contributed by atoms with Crippen molar-refractivity contribution in [3.63, 3.8) is 0 Å². The molecule has 4 rings (SSSR count).